The van der Waals surface area contributed by atoms with Gasteiger partial charge in [-0.05, 0) is 30.3 Å². The van der Waals surface area contributed by atoms with Crippen LogP contribution in [-0.4, -0.2) is 44.2 Å². The Kier molecular flexibility index (Phi) is 5.33. The van der Waals surface area contributed by atoms with Crippen LogP contribution in [0.3, 0.4) is 0 Å². The summed E-state index contributed by atoms with van der Waals surface area (Å²) in [5, 5.41) is 0. The van der Waals surface area contributed by atoms with Crippen LogP contribution in [0.1, 0.15) is 15.9 Å². The van der Waals surface area contributed by atoms with Gasteiger partial charge in [0.2, 0.25) is 0 Å². The molecule has 1 aliphatic rings. The maximum Gasteiger partial charge on any atom is 0.254 e. The molecule has 0 N–H and O–H groups in total. The summed E-state index contributed by atoms with van der Waals surface area (Å²) in [6.45, 7) is 2.77. The molecule has 0 aromatic heterocycles. The topological polar surface area (TPSA) is 48.0 Å². The molecule has 3 rings (SSSR count). The van der Waals surface area contributed by atoms with Crippen molar-refractivity contribution in [3.8, 4) is 11.5 Å². The summed E-state index contributed by atoms with van der Waals surface area (Å²) < 4.78 is 16.5. The molecular formula is C19H21NO4. The fourth-order valence-corrected chi connectivity index (χ4v) is 2.65. The van der Waals surface area contributed by atoms with Crippen LogP contribution in [0.25, 0.3) is 0 Å². The van der Waals surface area contributed by atoms with Crippen LogP contribution >= 0.6 is 0 Å². The molecule has 5 heteroatoms. The van der Waals surface area contributed by atoms with E-state index in [2.05, 4.69) is 0 Å². The third-order valence-electron chi connectivity index (χ3n) is 3.96. The van der Waals surface area contributed by atoms with Crippen molar-refractivity contribution in [1.82, 2.24) is 4.90 Å². The van der Waals surface area contributed by atoms with Crippen LogP contribution < -0.4 is 9.47 Å². The van der Waals surface area contributed by atoms with Gasteiger partial charge >= 0.3 is 0 Å². The summed E-state index contributed by atoms with van der Waals surface area (Å²) in [7, 11) is 1.62. The molecule has 126 valence electrons. The van der Waals surface area contributed by atoms with E-state index in [9.17, 15) is 4.79 Å². The summed E-state index contributed by atoms with van der Waals surface area (Å²) in [4.78, 5) is 14.4. The molecule has 0 bridgehead atoms. The highest BCUT2D eigenvalue weighted by molar-refractivity contribution is 5.94. The second-order valence-corrected chi connectivity index (χ2v) is 5.53. The number of ether oxygens (including phenoxy) is 3. The zero-order valence-electron chi connectivity index (χ0n) is 13.7. The van der Waals surface area contributed by atoms with Crippen molar-refractivity contribution in [2.45, 2.75) is 6.61 Å². The van der Waals surface area contributed by atoms with Crippen LogP contribution in [-0.2, 0) is 11.3 Å². The Morgan fingerprint density at radius 2 is 1.88 bits per heavy atom. The number of nitrogens with zero attached hydrogens (tertiary/aromatic N) is 1. The molecule has 1 fully saturated rings. The second-order valence-electron chi connectivity index (χ2n) is 5.53. The maximum atomic E-state index is 12.6. The first-order chi connectivity index (χ1) is 11.8. The number of hydrogen-bond donors (Lipinski definition) is 0. The Balaban J connectivity index is 1.75. The van der Waals surface area contributed by atoms with Crippen molar-refractivity contribution in [3.05, 3.63) is 59.7 Å². The van der Waals surface area contributed by atoms with Crippen LogP contribution in [0.5, 0.6) is 11.5 Å². The van der Waals surface area contributed by atoms with Gasteiger partial charge in [-0.25, -0.2) is 0 Å². The van der Waals surface area contributed by atoms with E-state index in [1.54, 1.807) is 13.2 Å². The second kappa shape index (κ2) is 7.84. The summed E-state index contributed by atoms with van der Waals surface area (Å²) >= 11 is 0. The highest BCUT2D eigenvalue weighted by Gasteiger charge is 2.19. The van der Waals surface area contributed by atoms with Gasteiger partial charge < -0.3 is 19.1 Å². The molecule has 2 aromatic carbocycles. The first-order valence-electron chi connectivity index (χ1n) is 7.99. The molecule has 0 radical (unpaired) electrons. The summed E-state index contributed by atoms with van der Waals surface area (Å²) in [5.74, 6) is 1.51. The van der Waals surface area contributed by atoms with Gasteiger partial charge in [0.25, 0.3) is 5.91 Å². The molecular weight excluding hydrogens is 306 g/mol. The molecule has 1 aliphatic heterocycles. The van der Waals surface area contributed by atoms with Crippen molar-refractivity contribution in [2.75, 3.05) is 33.4 Å². The third-order valence-corrected chi connectivity index (χ3v) is 3.96. The molecule has 0 aliphatic carbocycles. The lowest BCUT2D eigenvalue weighted by Crippen LogP contribution is -2.40. The van der Waals surface area contributed by atoms with Gasteiger partial charge in [-0.3, -0.25) is 4.79 Å². The Bertz CT molecular complexity index is 681. The number of carbonyl (C=O) groups is 1. The molecule has 5 nitrogen and oxygen atoms in total. The number of amides is 1. The SMILES string of the molecule is COc1ccc(C(=O)N2CCOCC2)cc1COc1ccccc1. The van der Waals surface area contributed by atoms with E-state index >= 15 is 0 Å². The maximum absolute atomic E-state index is 12.6. The number of methoxy groups -OCH3 is 1. The van der Waals surface area contributed by atoms with Crippen molar-refractivity contribution >= 4 is 5.91 Å². The minimum Gasteiger partial charge on any atom is -0.496 e. The smallest absolute Gasteiger partial charge is 0.254 e. The van der Waals surface area contributed by atoms with E-state index in [-0.39, 0.29) is 5.91 Å². The summed E-state index contributed by atoms with van der Waals surface area (Å²) in [6, 6.07) is 15.0. The lowest BCUT2D eigenvalue weighted by molar-refractivity contribution is 0.0302. The number of morpholine rings is 1. The lowest BCUT2D eigenvalue weighted by Gasteiger charge is -2.27. The fourth-order valence-electron chi connectivity index (χ4n) is 2.65. The van der Waals surface area contributed by atoms with E-state index in [0.29, 0.717) is 44.2 Å². The fraction of sp³-hybridized carbons (Fsp3) is 0.316. The molecule has 2 aromatic rings. The van der Waals surface area contributed by atoms with Gasteiger partial charge in [-0.1, -0.05) is 18.2 Å². The Morgan fingerprint density at radius 3 is 2.58 bits per heavy atom. The van der Waals surface area contributed by atoms with Crippen molar-refractivity contribution in [1.29, 1.82) is 0 Å². The first kappa shape index (κ1) is 16.3. The highest BCUT2D eigenvalue weighted by Crippen LogP contribution is 2.23. The monoisotopic (exact) mass is 327 g/mol. The molecule has 1 saturated heterocycles. The largest absolute Gasteiger partial charge is 0.496 e. The normalized spacial score (nSPS) is 14.3. The number of hydrogen-bond acceptors (Lipinski definition) is 4. The highest BCUT2D eigenvalue weighted by atomic mass is 16.5. The zero-order chi connectivity index (χ0) is 16.8. The van der Waals surface area contributed by atoms with Gasteiger partial charge in [0.05, 0.1) is 20.3 Å². The van der Waals surface area contributed by atoms with Gasteiger partial charge in [-0.15, -0.1) is 0 Å². The number of para-hydroxylation sites is 1. The van der Waals surface area contributed by atoms with Crippen LogP contribution in [0.2, 0.25) is 0 Å². The molecule has 1 heterocycles. The zero-order valence-corrected chi connectivity index (χ0v) is 13.7. The Hall–Kier alpha value is -2.53. The van der Waals surface area contributed by atoms with Gasteiger partial charge in [0.1, 0.15) is 18.1 Å². The van der Waals surface area contributed by atoms with Crippen molar-refractivity contribution < 1.29 is 19.0 Å². The molecule has 0 spiro atoms. The molecule has 0 saturated carbocycles. The lowest BCUT2D eigenvalue weighted by atomic mass is 10.1. The summed E-state index contributed by atoms with van der Waals surface area (Å²) in [6.07, 6.45) is 0. The predicted octanol–water partition coefficient (Wildman–Crippen LogP) is 2.75. The molecule has 0 unspecified atom stereocenters. The van der Waals surface area contributed by atoms with E-state index in [0.717, 1.165) is 11.3 Å². The molecule has 1 amide bonds. The summed E-state index contributed by atoms with van der Waals surface area (Å²) in [5.41, 5.74) is 1.49. The molecule has 24 heavy (non-hydrogen) atoms. The quantitative estimate of drug-likeness (QED) is 0.847. The predicted molar refractivity (Wildman–Crippen MR) is 90.5 cm³/mol. The van der Waals surface area contributed by atoms with Crippen LogP contribution in [0.15, 0.2) is 48.5 Å². The Morgan fingerprint density at radius 1 is 1.12 bits per heavy atom. The minimum absolute atomic E-state index is 0.0157. The number of benzene rings is 2. The average Bonchev–Trinajstić information content (AvgIpc) is 2.67. The van der Waals surface area contributed by atoms with Crippen molar-refractivity contribution in [2.24, 2.45) is 0 Å². The van der Waals surface area contributed by atoms with Crippen LogP contribution in [0.4, 0.5) is 0 Å². The van der Waals surface area contributed by atoms with Gasteiger partial charge in [0.15, 0.2) is 0 Å². The van der Waals surface area contributed by atoms with E-state index in [1.165, 1.54) is 0 Å². The molecule has 0 atom stereocenters. The standard InChI is InChI=1S/C19H21NO4/c1-22-18-8-7-15(19(21)20-9-11-23-12-10-20)13-16(18)14-24-17-5-3-2-4-6-17/h2-8,13H,9-12,14H2,1H3. The van der Waals surface area contributed by atoms with Crippen molar-refractivity contribution in [3.63, 3.8) is 0 Å². The number of carbonyl (C=O) groups excluding carboxylic acids is 1. The van der Waals surface area contributed by atoms with E-state index in [4.69, 9.17) is 14.2 Å². The average molecular weight is 327 g/mol. The van der Waals surface area contributed by atoms with Gasteiger partial charge in [0, 0.05) is 24.2 Å². The minimum atomic E-state index is 0.0157. The van der Waals surface area contributed by atoms with E-state index in [1.807, 2.05) is 47.4 Å². The Labute approximate surface area is 141 Å². The third kappa shape index (κ3) is 3.86. The van der Waals surface area contributed by atoms with E-state index < -0.39 is 0 Å². The van der Waals surface area contributed by atoms with Gasteiger partial charge in [-0.2, -0.15) is 0 Å². The van der Waals surface area contributed by atoms with Crippen LogP contribution in [0, 0.1) is 0 Å². The first-order valence-corrected chi connectivity index (χ1v) is 7.99. The number of rotatable bonds is 5.